The first kappa shape index (κ1) is 15.3. The zero-order chi connectivity index (χ0) is 17.4. The minimum Gasteiger partial charge on any atom is -0.382 e. The predicted molar refractivity (Wildman–Crippen MR) is 105 cm³/mol. The molecular weight excluding hydrogens is 308 g/mol. The van der Waals surface area contributed by atoms with Crippen LogP contribution in [0.5, 0.6) is 0 Å². The van der Waals surface area contributed by atoms with E-state index in [1.807, 2.05) is 37.0 Å². The zero-order valence-corrected chi connectivity index (χ0v) is 14.3. The van der Waals surface area contributed by atoms with Crippen LogP contribution in [0.4, 0.5) is 11.5 Å². The van der Waals surface area contributed by atoms with E-state index >= 15 is 0 Å². The second-order valence-electron chi connectivity index (χ2n) is 6.31. The number of anilines is 2. The van der Waals surface area contributed by atoms with Gasteiger partial charge in [-0.1, -0.05) is 36.4 Å². The predicted octanol–water partition coefficient (Wildman–Crippen LogP) is 4.34. The van der Waals surface area contributed by atoms with Crippen LogP contribution in [0.15, 0.2) is 72.8 Å². The first-order valence-electron chi connectivity index (χ1n) is 8.25. The number of fused-ring (bicyclic) bond motifs is 1. The number of nitrogen functional groups attached to an aromatic ring is 1. The van der Waals surface area contributed by atoms with Crippen molar-refractivity contribution in [2.24, 2.45) is 0 Å². The zero-order valence-electron chi connectivity index (χ0n) is 14.3. The minimum absolute atomic E-state index is 0.546. The summed E-state index contributed by atoms with van der Waals surface area (Å²) in [5, 5.41) is 5.52. The SMILES string of the molecule is CN(C)c1ccc(-n2nc(N)c3cc(-c4ccccc4)ccc32)cc1. The molecule has 3 aromatic carbocycles. The highest BCUT2D eigenvalue weighted by atomic mass is 15.3. The maximum absolute atomic E-state index is 6.20. The summed E-state index contributed by atoms with van der Waals surface area (Å²) in [6.07, 6.45) is 0. The molecule has 124 valence electrons. The molecule has 0 fully saturated rings. The van der Waals surface area contributed by atoms with E-state index in [4.69, 9.17) is 5.73 Å². The van der Waals surface area contributed by atoms with Crippen molar-refractivity contribution in [2.45, 2.75) is 0 Å². The molecular formula is C21H20N4. The molecule has 0 saturated heterocycles. The minimum atomic E-state index is 0.546. The maximum atomic E-state index is 6.20. The number of aromatic nitrogens is 2. The van der Waals surface area contributed by atoms with Crippen LogP contribution < -0.4 is 10.6 Å². The Labute approximate surface area is 147 Å². The second-order valence-corrected chi connectivity index (χ2v) is 6.31. The first-order chi connectivity index (χ1) is 12.1. The lowest BCUT2D eigenvalue weighted by Crippen LogP contribution is -2.08. The van der Waals surface area contributed by atoms with Crippen LogP contribution in [0, 0.1) is 0 Å². The van der Waals surface area contributed by atoms with Gasteiger partial charge in [0.15, 0.2) is 5.82 Å². The van der Waals surface area contributed by atoms with Crippen molar-refractivity contribution in [1.29, 1.82) is 0 Å². The Balaban J connectivity index is 1.81. The van der Waals surface area contributed by atoms with Crippen LogP contribution in [0.3, 0.4) is 0 Å². The van der Waals surface area contributed by atoms with Gasteiger partial charge in [0.25, 0.3) is 0 Å². The van der Waals surface area contributed by atoms with E-state index < -0.39 is 0 Å². The fourth-order valence-corrected chi connectivity index (χ4v) is 3.04. The average Bonchev–Trinajstić information content (AvgIpc) is 2.99. The molecule has 25 heavy (non-hydrogen) atoms. The van der Waals surface area contributed by atoms with E-state index in [0.717, 1.165) is 27.8 Å². The van der Waals surface area contributed by atoms with Gasteiger partial charge in [-0.25, -0.2) is 4.68 Å². The van der Waals surface area contributed by atoms with Gasteiger partial charge in [0, 0.05) is 25.2 Å². The van der Waals surface area contributed by atoms with Gasteiger partial charge < -0.3 is 10.6 Å². The number of hydrogen-bond acceptors (Lipinski definition) is 3. The summed E-state index contributed by atoms with van der Waals surface area (Å²) < 4.78 is 1.90. The molecule has 0 aliphatic carbocycles. The fraction of sp³-hybridized carbons (Fsp3) is 0.0952. The van der Waals surface area contributed by atoms with Gasteiger partial charge in [-0.2, -0.15) is 0 Å². The lowest BCUT2D eigenvalue weighted by atomic mass is 10.0. The number of nitrogens with two attached hydrogens (primary N) is 1. The molecule has 0 atom stereocenters. The van der Waals surface area contributed by atoms with Crippen LogP contribution in [0.2, 0.25) is 0 Å². The summed E-state index contributed by atoms with van der Waals surface area (Å²) in [6.45, 7) is 0. The Kier molecular flexibility index (Phi) is 3.65. The third-order valence-electron chi connectivity index (χ3n) is 4.43. The molecule has 4 nitrogen and oxygen atoms in total. The smallest absolute Gasteiger partial charge is 0.153 e. The highest BCUT2D eigenvalue weighted by Crippen LogP contribution is 2.29. The van der Waals surface area contributed by atoms with Gasteiger partial charge in [-0.05, 0) is 47.5 Å². The molecule has 2 N–H and O–H groups in total. The summed E-state index contributed by atoms with van der Waals surface area (Å²) >= 11 is 0. The highest BCUT2D eigenvalue weighted by Gasteiger charge is 2.11. The molecule has 1 aromatic heterocycles. The van der Waals surface area contributed by atoms with Crippen molar-refractivity contribution in [1.82, 2.24) is 9.78 Å². The van der Waals surface area contributed by atoms with Crippen LogP contribution in [0.1, 0.15) is 0 Å². The van der Waals surface area contributed by atoms with E-state index in [1.165, 1.54) is 5.56 Å². The quantitative estimate of drug-likeness (QED) is 0.608. The van der Waals surface area contributed by atoms with Crippen molar-refractivity contribution < 1.29 is 0 Å². The molecule has 0 radical (unpaired) electrons. The standard InChI is InChI=1S/C21H20N4/c1-24(2)17-9-11-18(12-10-17)25-20-13-8-16(14-19(20)21(22)23-25)15-6-4-3-5-7-15/h3-14H,1-2H3,(H2,22,23). The van der Waals surface area contributed by atoms with Gasteiger partial charge in [0.2, 0.25) is 0 Å². The van der Waals surface area contributed by atoms with Crippen LogP contribution in [-0.2, 0) is 0 Å². The third-order valence-corrected chi connectivity index (χ3v) is 4.43. The Hall–Kier alpha value is -3.27. The topological polar surface area (TPSA) is 47.1 Å². The molecule has 0 bridgehead atoms. The summed E-state index contributed by atoms with van der Waals surface area (Å²) in [4.78, 5) is 2.07. The Bertz CT molecular complexity index is 1020. The molecule has 0 saturated carbocycles. The molecule has 0 aliphatic rings. The summed E-state index contributed by atoms with van der Waals surface area (Å²) in [5.74, 6) is 0.546. The molecule has 4 heteroatoms. The van der Waals surface area contributed by atoms with E-state index in [1.54, 1.807) is 0 Å². The van der Waals surface area contributed by atoms with Crippen LogP contribution in [-0.4, -0.2) is 23.9 Å². The van der Waals surface area contributed by atoms with Crippen molar-refractivity contribution in [3.05, 3.63) is 72.8 Å². The number of hydrogen-bond donors (Lipinski definition) is 1. The lowest BCUT2D eigenvalue weighted by molar-refractivity contribution is 0.916. The third kappa shape index (κ3) is 2.72. The van der Waals surface area contributed by atoms with Crippen LogP contribution >= 0.6 is 0 Å². The highest BCUT2D eigenvalue weighted by molar-refractivity contribution is 5.93. The molecule has 0 amide bonds. The molecule has 0 aliphatic heterocycles. The van der Waals surface area contributed by atoms with Crippen LogP contribution in [0.25, 0.3) is 27.7 Å². The fourth-order valence-electron chi connectivity index (χ4n) is 3.04. The van der Waals surface area contributed by atoms with Gasteiger partial charge in [0.05, 0.1) is 11.2 Å². The van der Waals surface area contributed by atoms with Crippen molar-refractivity contribution in [3.63, 3.8) is 0 Å². The van der Waals surface area contributed by atoms with Gasteiger partial charge in [-0.15, -0.1) is 5.10 Å². The van der Waals surface area contributed by atoms with Gasteiger partial charge in [-0.3, -0.25) is 0 Å². The summed E-state index contributed by atoms with van der Waals surface area (Å²) in [5.41, 5.74) is 11.7. The number of benzene rings is 3. The van der Waals surface area contributed by atoms with E-state index in [9.17, 15) is 0 Å². The van der Waals surface area contributed by atoms with Crippen molar-refractivity contribution >= 4 is 22.4 Å². The average molecular weight is 328 g/mol. The monoisotopic (exact) mass is 328 g/mol. The molecule has 4 rings (SSSR count). The lowest BCUT2D eigenvalue weighted by Gasteiger charge is -2.13. The normalized spacial score (nSPS) is 11.0. The molecule has 4 aromatic rings. The Morgan fingerprint density at radius 3 is 2.24 bits per heavy atom. The van der Waals surface area contributed by atoms with Gasteiger partial charge in [0.1, 0.15) is 0 Å². The van der Waals surface area contributed by atoms with E-state index in [0.29, 0.717) is 5.82 Å². The first-order valence-corrected chi connectivity index (χ1v) is 8.25. The maximum Gasteiger partial charge on any atom is 0.153 e. The molecule has 1 heterocycles. The molecule has 0 spiro atoms. The van der Waals surface area contributed by atoms with E-state index in [2.05, 4.69) is 64.6 Å². The summed E-state index contributed by atoms with van der Waals surface area (Å²) in [7, 11) is 4.06. The Morgan fingerprint density at radius 1 is 0.840 bits per heavy atom. The number of nitrogens with zero attached hydrogens (tertiary/aromatic N) is 3. The largest absolute Gasteiger partial charge is 0.382 e. The van der Waals surface area contributed by atoms with Crippen molar-refractivity contribution in [2.75, 3.05) is 24.7 Å². The molecule has 0 unspecified atom stereocenters. The van der Waals surface area contributed by atoms with E-state index in [-0.39, 0.29) is 0 Å². The van der Waals surface area contributed by atoms with Crippen molar-refractivity contribution in [3.8, 4) is 16.8 Å². The van der Waals surface area contributed by atoms with Gasteiger partial charge >= 0.3 is 0 Å². The Morgan fingerprint density at radius 2 is 1.56 bits per heavy atom. The number of rotatable bonds is 3. The summed E-state index contributed by atoms with van der Waals surface area (Å²) in [6, 6.07) is 24.9. The second kappa shape index (κ2) is 5.98.